The van der Waals surface area contributed by atoms with Crippen LogP contribution in [0, 0.1) is 13.8 Å². The molecule has 0 radical (unpaired) electrons. The van der Waals surface area contributed by atoms with Crippen molar-refractivity contribution in [3.8, 4) is 28.3 Å². The Kier molecular flexibility index (Phi) is 8.90. The van der Waals surface area contributed by atoms with E-state index in [0.717, 1.165) is 64.3 Å². The van der Waals surface area contributed by atoms with Crippen molar-refractivity contribution in [3.63, 3.8) is 0 Å². The molecule has 1 saturated heterocycles. The molecular formula is C34H36ClN7O4. The number of hydrogen-bond donors (Lipinski definition) is 2. The number of halogens is 1. The maximum atomic E-state index is 13.2. The number of nitrogens with one attached hydrogen (secondary N) is 2. The smallest absolute Gasteiger partial charge is 0.330 e. The highest BCUT2D eigenvalue weighted by Crippen LogP contribution is 2.39. The molecule has 6 rings (SSSR count). The van der Waals surface area contributed by atoms with Crippen LogP contribution >= 0.6 is 11.6 Å². The van der Waals surface area contributed by atoms with Crippen LogP contribution in [0.4, 0.5) is 11.5 Å². The van der Waals surface area contributed by atoms with Crippen LogP contribution < -0.4 is 26.6 Å². The van der Waals surface area contributed by atoms with Crippen LogP contribution in [0.25, 0.3) is 33.3 Å². The SMILES string of the molecule is COc1nc(-c2cccc(-c3cccc(Nc4nc(C)cc5c4c(=O)n(C)c(=O)n5C)c3C)c2Cl)cnc1CNC1CCOCC1. The number of nitrogens with zero attached hydrogens (tertiary/aromatic N) is 5. The number of rotatable bonds is 8. The summed E-state index contributed by atoms with van der Waals surface area (Å²) < 4.78 is 13.6. The highest BCUT2D eigenvalue weighted by Gasteiger charge is 2.20. The van der Waals surface area contributed by atoms with E-state index in [4.69, 9.17) is 26.1 Å². The minimum atomic E-state index is -0.417. The second-order valence-electron chi connectivity index (χ2n) is 11.5. The summed E-state index contributed by atoms with van der Waals surface area (Å²) in [4.78, 5) is 39.9. The Hall–Kier alpha value is -4.58. The Bertz CT molecular complexity index is 2070. The van der Waals surface area contributed by atoms with Crippen LogP contribution in [0.3, 0.4) is 0 Å². The zero-order valence-electron chi connectivity index (χ0n) is 26.5. The van der Waals surface area contributed by atoms with E-state index in [1.807, 2.05) is 50.2 Å². The standard InChI is InChI=1S/C34H36ClN7O4/c1-19-16-28-29(33(43)42(4)34(44)41(28)3)31(38-19)39-25-11-7-8-22(20(25)2)23-9-6-10-24(30(23)35)26-17-37-27(32(40-26)45-5)18-36-21-12-14-46-15-13-21/h6-11,16-17,21,36H,12-15,18H2,1-5H3,(H,38,39). The monoisotopic (exact) mass is 641 g/mol. The van der Waals surface area contributed by atoms with Gasteiger partial charge in [0.05, 0.1) is 29.5 Å². The maximum Gasteiger partial charge on any atom is 0.330 e. The molecule has 0 bridgehead atoms. The quantitative estimate of drug-likeness (QED) is 0.240. The van der Waals surface area contributed by atoms with Gasteiger partial charge in [-0.15, -0.1) is 0 Å². The second-order valence-corrected chi connectivity index (χ2v) is 11.8. The summed E-state index contributed by atoms with van der Waals surface area (Å²) >= 11 is 7.09. The predicted molar refractivity (Wildman–Crippen MR) is 180 cm³/mol. The summed E-state index contributed by atoms with van der Waals surface area (Å²) in [7, 11) is 4.70. The Morgan fingerprint density at radius 1 is 1.00 bits per heavy atom. The van der Waals surface area contributed by atoms with E-state index >= 15 is 0 Å². The van der Waals surface area contributed by atoms with E-state index in [1.165, 1.54) is 11.6 Å². The molecule has 0 spiro atoms. The molecule has 2 N–H and O–H groups in total. The number of hydrogen-bond acceptors (Lipinski definition) is 9. The highest BCUT2D eigenvalue weighted by molar-refractivity contribution is 6.36. The molecule has 4 heterocycles. The van der Waals surface area contributed by atoms with Gasteiger partial charge in [-0.2, -0.15) is 0 Å². The van der Waals surface area contributed by atoms with Crippen molar-refractivity contribution < 1.29 is 9.47 Å². The lowest BCUT2D eigenvalue weighted by atomic mass is 9.96. The first-order valence-electron chi connectivity index (χ1n) is 15.1. The number of anilines is 2. The fourth-order valence-corrected chi connectivity index (χ4v) is 6.21. The Morgan fingerprint density at radius 2 is 1.72 bits per heavy atom. The third kappa shape index (κ3) is 5.89. The van der Waals surface area contributed by atoms with Gasteiger partial charge in [-0.05, 0) is 49.9 Å². The molecule has 1 fully saturated rings. The Morgan fingerprint density at radius 3 is 2.48 bits per heavy atom. The minimum absolute atomic E-state index is 0.332. The molecule has 5 aromatic rings. The van der Waals surface area contributed by atoms with Crippen molar-refractivity contribution in [1.82, 2.24) is 29.4 Å². The molecule has 238 valence electrons. The summed E-state index contributed by atoms with van der Waals surface area (Å²) in [6, 6.07) is 13.8. The Labute approximate surface area is 271 Å². The molecule has 1 aliphatic rings. The molecule has 2 aromatic carbocycles. The van der Waals surface area contributed by atoms with Gasteiger partial charge in [0.25, 0.3) is 5.56 Å². The topological polar surface area (TPSA) is 125 Å². The van der Waals surface area contributed by atoms with Gasteiger partial charge in [-0.3, -0.25) is 18.9 Å². The number of aromatic nitrogens is 5. The number of fused-ring (bicyclic) bond motifs is 1. The molecule has 46 heavy (non-hydrogen) atoms. The number of pyridine rings is 1. The summed E-state index contributed by atoms with van der Waals surface area (Å²) in [5.74, 6) is 0.822. The highest BCUT2D eigenvalue weighted by atomic mass is 35.5. The van der Waals surface area contributed by atoms with Gasteiger partial charge in [0, 0.05) is 62.4 Å². The zero-order valence-corrected chi connectivity index (χ0v) is 27.2. The van der Waals surface area contributed by atoms with Gasteiger partial charge in [0.1, 0.15) is 16.9 Å². The van der Waals surface area contributed by atoms with Gasteiger partial charge in [0.2, 0.25) is 5.88 Å². The van der Waals surface area contributed by atoms with E-state index in [2.05, 4.69) is 20.6 Å². The molecule has 0 aliphatic carbocycles. The van der Waals surface area contributed by atoms with E-state index in [9.17, 15) is 9.59 Å². The number of ether oxygens (including phenoxy) is 2. The lowest BCUT2D eigenvalue weighted by molar-refractivity contribution is 0.0774. The molecule has 1 aliphatic heterocycles. The van der Waals surface area contributed by atoms with Gasteiger partial charge >= 0.3 is 5.69 Å². The largest absolute Gasteiger partial charge is 0.480 e. The molecule has 12 heteroatoms. The lowest BCUT2D eigenvalue weighted by Crippen LogP contribution is -2.37. The maximum absolute atomic E-state index is 13.2. The summed E-state index contributed by atoms with van der Waals surface area (Å²) in [6.45, 7) is 5.87. The van der Waals surface area contributed by atoms with E-state index < -0.39 is 11.2 Å². The third-order valence-corrected chi connectivity index (χ3v) is 8.92. The molecule has 11 nitrogen and oxygen atoms in total. The van der Waals surface area contributed by atoms with Gasteiger partial charge in [-0.25, -0.2) is 14.8 Å². The summed E-state index contributed by atoms with van der Waals surface area (Å²) in [6.07, 6.45) is 3.65. The fourth-order valence-electron chi connectivity index (χ4n) is 5.89. The molecule has 0 unspecified atom stereocenters. The summed E-state index contributed by atoms with van der Waals surface area (Å²) in [5, 5.41) is 7.76. The van der Waals surface area contributed by atoms with Crippen LogP contribution in [0.2, 0.25) is 5.02 Å². The van der Waals surface area contributed by atoms with Crippen molar-refractivity contribution in [2.45, 2.75) is 39.3 Å². The molecule has 0 amide bonds. The van der Waals surface area contributed by atoms with Gasteiger partial charge in [0.15, 0.2) is 0 Å². The van der Waals surface area contributed by atoms with Crippen molar-refractivity contribution >= 4 is 34.0 Å². The van der Waals surface area contributed by atoms with Crippen molar-refractivity contribution in [2.75, 3.05) is 25.6 Å². The molecule has 3 aromatic heterocycles. The van der Waals surface area contributed by atoms with Crippen LogP contribution in [-0.2, 0) is 25.4 Å². The van der Waals surface area contributed by atoms with Crippen molar-refractivity contribution in [3.05, 3.63) is 91.5 Å². The van der Waals surface area contributed by atoms with Crippen molar-refractivity contribution in [2.24, 2.45) is 14.1 Å². The average molecular weight is 642 g/mol. The summed E-state index contributed by atoms with van der Waals surface area (Å²) in [5.41, 5.74) is 5.77. The first kappa shape index (κ1) is 31.4. The minimum Gasteiger partial charge on any atom is -0.480 e. The predicted octanol–water partition coefficient (Wildman–Crippen LogP) is 5.05. The number of aryl methyl sites for hydroxylation is 2. The first-order chi connectivity index (χ1) is 22.2. The van der Waals surface area contributed by atoms with Crippen LogP contribution in [0.1, 0.15) is 29.8 Å². The van der Waals surface area contributed by atoms with E-state index in [0.29, 0.717) is 51.6 Å². The molecule has 0 saturated carbocycles. The van der Waals surface area contributed by atoms with E-state index in [-0.39, 0.29) is 0 Å². The number of methoxy groups -OCH3 is 1. The Balaban J connectivity index is 1.34. The second kappa shape index (κ2) is 13.0. The zero-order chi connectivity index (χ0) is 32.5. The average Bonchev–Trinajstić information content (AvgIpc) is 3.07. The third-order valence-electron chi connectivity index (χ3n) is 8.52. The lowest BCUT2D eigenvalue weighted by Gasteiger charge is -2.23. The van der Waals surface area contributed by atoms with Crippen LogP contribution in [0.5, 0.6) is 5.88 Å². The van der Waals surface area contributed by atoms with E-state index in [1.54, 1.807) is 26.4 Å². The molecule has 0 atom stereocenters. The first-order valence-corrected chi connectivity index (χ1v) is 15.5. The molecular weight excluding hydrogens is 606 g/mol. The normalized spacial score (nSPS) is 13.7. The van der Waals surface area contributed by atoms with Crippen LogP contribution in [-0.4, -0.2) is 50.5 Å². The van der Waals surface area contributed by atoms with Gasteiger partial charge in [-0.1, -0.05) is 41.9 Å². The van der Waals surface area contributed by atoms with Gasteiger partial charge < -0.3 is 20.1 Å². The number of benzene rings is 2. The fraction of sp³-hybridized carbons (Fsp3) is 0.324. The van der Waals surface area contributed by atoms with Crippen molar-refractivity contribution in [1.29, 1.82) is 0 Å². The van der Waals surface area contributed by atoms with Crippen LogP contribution in [0.15, 0.2) is 58.3 Å².